The van der Waals surface area contributed by atoms with Gasteiger partial charge in [0.25, 0.3) is 0 Å². The van der Waals surface area contributed by atoms with Gasteiger partial charge in [0.15, 0.2) is 0 Å². The van der Waals surface area contributed by atoms with Crippen LogP contribution in [-0.2, 0) is 15.1 Å². The lowest BCUT2D eigenvalue weighted by molar-refractivity contribution is -0.141. The third-order valence-electron chi connectivity index (χ3n) is 8.36. The zero-order chi connectivity index (χ0) is 28.2. The molecule has 2 amide bonds. The monoisotopic (exact) mass is 559 g/mol. The number of nitrogens with zero attached hydrogens (tertiary/aromatic N) is 1. The van der Waals surface area contributed by atoms with Gasteiger partial charge in [-0.25, -0.2) is 9.18 Å². The number of rotatable bonds is 9. The van der Waals surface area contributed by atoms with Crippen LogP contribution in [0.5, 0.6) is 0 Å². The topological polar surface area (TPSA) is 105 Å². The molecule has 7 nitrogen and oxygen atoms in total. The first-order valence-corrected chi connectivity index (χ1v) is 14.2. The van der Waals surface area contributed by atoms with E-state index in [1.54, 1.807) is 12.1 Å². The first kappa shape index (κ1) is 29.3. The number of nitrogens with two attached hydrogens (primary N) is 1. The van der Waals surface area contributed by atoms with E-state index in [1.165, 1.54) is 12.1 Å². The average Bonchev–Trinajstić information content (AvgIpc) is 3.39. The summed E-state index contributed by atoms with van der Waals surface area (Å²) in [7, 11) is 1.93. The quantitative estimate of drug-likeness (QED) is 0.369. The predicted octanol–water partition coefficient (Wildman–Crippen LogP) is 5.14. The Morgan fingerprint density at radius 3 is 2.74 bits per heavy atom. The van der Waals surface area contributed by atoms with Crippen molar-refractivity contribution in [1.29, 1.82) is 0 Å². The number of aliphatic hydroxyl groups is 1. The van der Waals surface area contributed by atoms with Gasteiger partial charge in [-0.05, 0) is 93.8 Å². The van der Waals surface area contributed by atoms with Gasteiger partial charge in [0.2, 0.25) is 5.91 Å². The van der Waals surface area contributed by atoms with Crippen LogP contribution < -0.4 is 11.1 Å². The molecule has 1 aliphatic carbocycles. The molecule has 1 heterocycles. The number of carbonyl (C=O) groups is 2. The molecule has 0 spiro atoms. The number of halogens is 2. The maximum atomic E-state index is 14.5. The van der Waals surface area contributed by atoms with Gasteiger partial charge in [-0.2, -0.15) is 0 Å². The fourth-order valence-corrected chi connectivity index (χ4v) is 6.71. The standard InChI is InChI=1S/C30H39ClFN3O4/c1-19-14-21(16-23(32)15-19)27-25(7-3-8-26(27)31)30(38,11-5-13-39-29(33)37)22-6-4-12-35(18-22)28(36)20-9-10-24(17-20)34-2/h3,7-8,14-16,20,22,24,34,38H,4-6,9-13,17-18H2,1-2H3,(H2,33,37)/t20-,22-,24+,30+/m1/s1. The third kappa shape index (κ3) is 6.73. The number of aryl methyl sites for hydroxylation is 1. The highest BCUT2D eigenvalue weighted by molar-refractivity contribution is 6.33. The molecule has 1 aliphatic heterocycles. The molecule has 0 aromatic heterocycles. The first-order chi connectivity index (χ1) is 18.6. The Morgan fingerprint density at radius 2 is 2.05 bits per heavy atom. The number of benzene rings is 2. The smallest absolute Gasteiger partial charge is 0.404 e. The molecule has 2 fully saturated rings. The van der Waals surface area contributed by atoms with E-state index in [4.69, 9.17) is 22.1 Å². The van der Waals surface area contributed by atoms with Crippen LogP contribution in [0.15, 0.2) is 36.4 Å². The van der Waals surface area contributed by atoms with Crippen LogP contribution in [0.25, 0.3) is 11.1 Å². The minimum atomic E-state index is -1.41. The largest absolute Gasteiger partial charge is 0.450 e. The van der Waals surface area contributed by atoms with Gasteiger partial charge in [-0.15, -0.1) is 0 Å². The van der Waals surface area contributed by atoms with Crippen molar-refractivity contribution in [3.8, 4) is 11.1 Å². The SMILES string of the molecule is CN[C@H]1CC[C@@H](C(=O)N2CCC[C@@H]([C@@](O)(CCCOC(N)=O)c3cccc(Cl)c3-c3cc(C)cc(F)c3)C2)C1. The second kappa shape index (κ2) is 12.7. The number of amides is 2. The number of likely N-dealkylation sites (tertiary alicyclic amines) is 1. The van der Waals surface area contributed by atoms with Crippen LogP contribution in [0.1, 0.15) is 56.1 Å². The summed E-state index contributed by atoms with van der Waals surface area (Å²) in [6, 6.07) is 10.4. The molecule has 4 N–H and O–H groups in total. The molecular formula is C30H39ClFN3O4. The summed E-state index contributed by atoms with van der Waals surface area (Å²) in [6.45, 7) is 2.92. The maximum Gasteiger partial charge on any atom is 0.404 e. The van der Waals surface area contributed by atoms with Crippen LogP contribution in [0.3, 0.4) is 0 Å². The molecule has 9 heteroatoms. The first-order valence-electron chi connectivity index (χ1n) is 13.8. The summed E-state index contributed by atoms with van der Waals surface area (Å²) in [6.07, 6.45) is 3.85. The number of hydrogen-bond donors (Lipinski definition) is 3. The summed E-state index contributed by atoms with van der Waals surface area (Å²) in [5.41, 5.74) is 6.19. The van der Waals surface area contributed by atoms with Crippen molar-refractivity contribution < 1.29 is 23.8 Å². The van der Waals surface area contributed by atoms with E-state index < -0.39 is 11.7 Å². The van der Waals surface area contributed by atoms with E-state index in [0.29, 0.717) is 53.7 Å². The van der Waals surface area contributed by atoms with E-state index in [-0.39, 0.29) is 36.6 Å². The van der Waals surface area contributed by atoms with Gasteiger partial charge in [0, 0.05) is 41.6 Å². The Bertz CT molecular complexity index is 1170. The van der Waals surface area contributed by atoms with E-state index in [0.717, 1.165) is 31.2 Å². The number of piperidine rings is 1. The van der Waals surface area contributed by atoms with Crippen molar-refractivity contribution in [2.45, 2.75) is 63.5 Å². The van der Waals surface area contributed by atoms with E-state index in [1.807, 2.05) is 31.0 Å². The summed E-state index contributed by atoms with van der Waals surface area (Å²) in [5, 5.41) is 16.2. The second-order valence-electron chi connectivity index (χ2n) is 11.0. The third-order valence-corrected chi connectivity index (χ3v) is 8.67. The van der Waals surface area contributed by atoms with Crippen molar-refractivity contribution in [1.82, 2.24) is 10.2 Å². The van der Waals surface area contributed by atoms with E-state index in [2.05, 4.69) is 5.32 Å². The van der Waals surface area contributed by atoms with Crippen LogP contribution in [-0.4, -0.2) is 54.8 Å². The van der Waals surface area contributed by atoms with Crippen molar-refractivity contribution in [3.63, 3.8) is 0 Å². The molecule has 0 radical (unpaired) electrons. The van der Waals surface area contributed by atoms with E-state index in [9.17, 15) is 19.1 Å². The fraction of sp³-hybridized carbons (Fsp3) is 0.533. The number of carbonyl (C=O) groups excluding carboxylic acids is 2. The highest BCUT2D eigenvalue weighted by Crippen LogP contribution is 2.46. The zero-order valence-corrected chi connectivity index (χ0v) is 23.5. The van der Waals surface area contributed by atoms with Crippen LogP contribution in [0.4, 0.5) is 9.18 Å². The van der Waals surface area contributed by atoms with Gasteiger partial charge in [-0.3, -0.25) is 4.79 Å². The minimum Gasteiger partial charge on any atom is -0.450 e. The molecule has 39 heavy (non-hydrogen) atoms. The number of nitrogens with one attached hydrogen (secondary N) is 1. The Kier molecular flexibility index (Phi) is 9.51. The van der Waals surface area contributed by atoms with Gasteiger partial charge in [-0.1, -0.05) is 29.8 Å². The van der Waals surface area contributed by atoms with Gasteiger partial charge in [0.1, 0.15) is 5.82 Å². The number of primary amides is 1. The molecule has 1 saturated carbocycles. The Labute approximate surface area is 234 Å². The average molecular weight is 560 g/mol. The molecule has 2 aliphatic rings. The fourth-order valence-electron chi connectivity index (χ4n) is 6.43. The highest BCUT2D eigenvalue weighted by atomic mass is 35.5. The Morgan fingerprint density at radius 1 is 1.26 bits per heavy atom. The van der Waals surface area contributed by atoms with Gasteiger partial charge in [0.05, 0.1) is 12.2 Å². The van der Waals surface area contributed by atoms with Crippen LogP contribution >= 0.6 is 11.6 Å². The zero-order valence-electron chi connectivity index (χ0n) is 22.7. The second-order valence-corrected chi connectivity index (χ2v) is 11.4. The summed E-state index contributed by atoms with van der Waals surface area (Å²) >= 11 is 6.72. The lowest BCUT2D eigenvalue weighted by Gasteiger charge is -2.44. The number of ether oxygens (including phenoxy) is 1. The molecular weight excluding hydrogens is 521 g/mol. The molecule has 4 atom stereocenters. The summed E-state index contributed by atoms with van der Waals surface area (Å²) < 4.78 is 19.4. The van der Waals surface area contributed by atoms with Crippen molar-refractivity contribution >= 4 is 23.6 Å². The highest BCUT2D eigenvalue weighted by Gasteiger charge is 2.44. The molecule has 212 valence electrons. The van der Waals surface area contributed by atoms with E-state index >= 15 is 0 Å². The van der Waals surface area contributed by atoms with Crippen molar-refractivity contribution in [2.24, 2.45) is 17.6 Å². The molecule has 0 unspecified atom stereocenters. The Hall–Kier alpha value is -2.68. The summed E-state index contributed by atoms with van der Waals surface area (Å²) in [4.78, 5) is 26.6. The molecule has 2 aromatic carbocycles. The minimum absolute atomic E-state index is 0.0183. The molecule has 2 aromatic rings. The normalized spacial score (nSPS) is 22.9. The molecule has 0 bridgehead atoms. The van der Waals surface area contributed by atoms with Crippen molar-refractivity contribution in [2.75, 3.05) is 26.7 Å². The Balaban J connectivity index is 1.69. The maximum absolute atomic E-state index is 14.5. The predicted molar refractivity (Wildman–Crippen MR) is 150 cm³/mol. The van der Waals surface area contributed by atoms with Gasteiger partial charge >= 0.3 is 6.09 Å². The van der Waals surface area contributed by atoms with Gasteiger partial charge < -0.3 is 25.8 Å². The van der Waals surface area contributed by atoms with Crippen LogP contribution in [0, 0.1) is 24.6 Å². The van der Waals surface area contributed by atoms with Crippen molar-refractivity contribution in [3.05, 3.63) is 58.4 Å². The number of hydrogen-bond acceptors (Lipinski definition) is 5. The molecule has 1 saturated heterocycles. The lowest BCUT2D eigenvalue weighted by Crippen LogP contribution is -2.49. The lowest BCUT2D eigenvalue weighted by atomic mass is 9.72. The molecule has 4 rings (SSSR count). The summed E-state index contributed by atoms with van der Waals surface area (Å²) in [5.74, 6) is -0.559. The van der Waals surface area contributed by atoms with Crippen LogP contribution in [0.2, 0.25) is 5.02 Å².